The van der Waals surface area contributed by atoms with Crippen LogP contribution in [0.5, 0.6) is 0 Å². The van der Waals surface area contributed by atoms with Crippen molar-refractivity contribution in [3.63, 3.8) is 0 Å². The van der Waals surface area contributed by atoms with Crippen molar-refractivity contribution < 1.29 is 4.84 Å². The largest absolute Gasteiger partial charge is 0.392 e. The zero-order chi connectivity index (χ0) is 18.9. The summed E-state index contributed by atoms with van der Waals surface area (Å²) in [5.74, 6) is 1.76. The monoisotopic (exact) mass is 369 g/mol. The van der Waals surface area contributed by atoms with Crippen LogP contribution < -0.4 is 0 Å². The van der Waals surface area contributed by atoms with Crippen LogP contribution in [0.3, 0.4) is 0 Å². The first-order valence-corrected chi connectivity index (χ1v) is 11.6. The number of oxime groups is 1. The molecule has 0 bridgehead atoms. The molecule has 1 saturated carbocycles. The highest BCUT2D eigenvalue weighted by molar-refractivity contribution is 6.01. The molecule has 1 aliphatic carbocycles. The summed E-state index contributed by atoms with van der Waals surface area (Å²) in [6, 6.07) is 9.26. The molecule has 0 amide bonds. The molecule has 1 aliphatic heterocycles. The second kappa shape index (κ2) is 10.9. The minimum Gasteiger partial charge on any atom is -0.392 e. The van der Waals surface area contributed by atoms with Crippen molar-refractivity contribution in [2.75, 3.05) is 0 Å². The predicted molar refractivity (Wildman–Crippen MR) is 115 cm³/mol. The third-order valence-electron chi connectivity index (χ3n) is 6.64. The maximum Gasteiger partial charge on any atom is 0.133 e. The normalized spacial score (nSPS) is 25.3. The van der Waals surface area contributed by atoms with Gasteiger partial charge in [-0.3, -0.25) is 0 Å². The van der Waals surface area contributed by atoms with Gasteiger partial charge in [0.15, 0.2) is 0 Å². The first kappa shape index (κ1) is 20.4. The number of hydrogen-bond acceptors (Lipinski definition) is 2. The number of hydrogen-bond donors (Lipinski definition) is 0. The standard InChI is InChI=1S/C25H39NO/c1-3-5-7-9-20-11-13-21(14-12-20)22-15-17-23(18-16-22)25-19-24(27-26-25)10-8-6-4-2/h15-18,20-21,24H,3-14,19H2,1-2H3. The van der Waals surface area contributed by atoms with Crippen LogP contribution in [0.15, 0.2) is 29.4 Å². The summed E-state index contributed by atoms with van der Waals surface area (Å²) in [5.41, 5.74) is 3.93. The summed E-state index contributed by atoms with van der Waals surface area (Å²) in [5, 5.41) is 4.37. The van der Waals surface area contributed by atoms with Crippen LogP contribution in [0.1, 0.15) is 114 Å². The quantitative estimate of drug-likeness (QED) is 0.389. The van der Waals surface area contributed by atoms with E-state index in [9.17, 15) is 0 Å². The van der Waals surface area contributed by atoms with Crippen molar-refractivity contribution in [1.82, 2.24) is 0 Å². The molecular formula is C25H39NO. The molecule has 1 aromatic carbocycles. The molecule has 1 atom stereocenters. The molecule has 3 rings (SSSR count). The van der Waals surface area contributed by atoms with Crippen LogP contribution in [0.25, 0.3) is 0 Å². The Balaban J connectivity index is 1.44. The summed E-state index contributed by atoms with van der Waals surface area (Å²) >= 11 is 0. The lowest BCUT2D eigenvalue weighted by atomic mass is 9.77. The molecule has 2 aliphatic rings. The summed E-state index contributed by atoms with van der Waals surface area (Å²) in [7, 11) is 0. The Morgan fingerprint density at radius 2 is 1.52 bits per heavy atom. The van der Waals surface area contributed by atoms with Crippen molar-refractivity contribution in [2.45, 2.75) is 109 Å². The van der Waals surface area contributed by atoms with Gasteiger partial charge in [-0.2, -0.15) is 0 Å². The predicted octanol–water partition coefficient (Wildman–Crippen LogP) is 7.61. The van der Waals surface area contributed by atoms with Crippen molar-refractivity contribution >= 4 is 5.71 Å². The number of benzene rings is 1. The molecule has 0 aromatic heterocycles. The van der Waals surface area contributed by atoms with Crippen LogP contribution in [0.2, 0.25) is 0 Å². The molecule has 0 spiro atoms. The van der Waals surface area contributed by atoms with Gasteiger partial charge in [-0.05, 0) is 61.5 Å². The van der Waals surface area contributed by atoms with Crippen molar-refractivity contribution in [2.24, 2.45) is 11.1 Å². The van der Waals surface area contributed by atoms with Crippen molar-refractivity contribution in [3.8, 4) is 0 Å². The molecule has 0 N–H and O–H groups in total. The fourth-order valence-corrected chi connectivity index (χ4v) is 4.79. The van der Waals surface area contributed by atoms with Gasteiger partial charge in [-0.25, -0.2) is 0 Å². The molecular weight excluding hydrogens is 330 g/mol. The lowest BCUT2D eigenvalue weighted by Crippen LogP contribution is -2.13. The Morgan fingerprint density at radius 3 is 2.19 bits per heavy atom. The van der Waals surface area contributed by atoms with E-state index in [0.29, 0.717) is 6.10 Å². The van der Waals surface area contributed by atoms with Gasteiger partial charge in [-0.15, -0.1) is 0 Å². The van der Waals surface area contributed by atoms with Gasteiger partial charge in [0.2, 0.25) is 0 Å². The molecule has 0 radical (unpaired) electrons. The minimum absolute atomic E-state index is 0.300. The minimum atomic E-state index is 0.300. The van der Waals surface area contributed by atoms with Crippen LogP contribution in [-0.4, -0.2) is 11.8 Å². The molecule has 2 nitrogen and oxygen atoms in total. The molecule has 1 aromatic rings. The van der Waals surface area contributed by atoms with E-state index in [-0.39, 0.29) is 0 Å². The van der Waals surface area contributed by atoms with Gasteiger partial charge in [-0.1, -0.05) is 81.8 Å². The summed E-state index contributed by atoms with van der Waals surface area (Å²) in [6.07, 6.45) is 17.5. The van der Waals surface area contributed by atoms with E-state index in [0.717, 1.165) is 30.4 Å². The third kappa shape index (κ3) is 6.09. The fourth-order valence-electron chi connectivity index (χ4n) is 4.79. The smallest absolute Gasteiger partial charge is 0.133 e. The third-order valence-corrected chi connectivity index (χ3v) is 6.64. The first-order valence-electron chi connectivity index (χ1n) is 11.6. The molecule has 150 valence electrons. The van der Waals surface area contributed by atoms with E-state index in [1.165, 1.54) is 81.8 Å². The van der Waals surface area contributed by atoms with Gasteiger partial charge in [0, 0.05) is 6.42 Å². The van der Waals surface area contributed by atoms with Crippen LogP contribution in [0.4, 0.5) is 0 Å². The highest BCUT2D eigenvalue weighted by atomic mass is 16.6. The molecule has 1 heterocycles. The Bertz CT molecular complexity index is 568. The zero-order valence-corrected chi connectivity index (χ0v) is 17.6. The highest BCUT2D eigenvalue weighted by Gasteiger charge is 2.24. The van der Waals surface area contributed by atoms with Crippen LogP contribution >= 0.6 is 0 Å². The highest BCUT2D eigenvalue weighted by Crippen LogP contribution is 2.38. The molecule has 0 saturated heterocycles. The lowest BCUT2D eigenvalue weighted by Gasteiger charge is -2.29. The maximum atomic E-state index is 5.65. The topological polar surface area (TPSA) is 21.6 Å². The zero-order valence-electron chi connectivity index (χ0n) is 17.6. The van der Waals surface area contributed by atoms with Gasteiger partial charge in [0.25, 0.3) is 0 Å². The van der Waals surface area contributed by atoms with Gasteiger partial charge in [0.05, 0.1) is 5.71 Å². The number of nitrogens with zero attached hydrogens (tertiary/aromatic N) is 1. The van der Waals surface area contributed by atoms with E-state index in [1.54, 1.807) is 0 Å². The lowest BCUT2D eigenvalue weighted by molar-refractivity contribution is 0.0771. The van der Waals surface area contributed by atoms with Gasteiger partial charge >= 0.3 is 0 Å². The SMILES string of the molecule is CCCCCC1CCC(c2ccc(C3=NOC(CCCCC)C3)cc2)CC1. The summed E-state index contributed by atoms with van der Waals surface area (Å²) in [6.45, 7) is 4.55. The number of unbranched alkanes of at least 4 members (excludes halogenated alkanes) is 4. The first-order chi connectivity index (χ1) is 13.3. The van der Waals surface area contributed by atoms with E-state index < -0.39 is 0 Å². The van der Waals surface area contributed by atoms with Crippen molar-refractivity contribution in [1.29, 1.82) is 0 Å². The molecule has 1 fully saturated rings. The Morgan fingerprint density at radius 1 is 0.852 bits per heavy atom. The Hall–Kier alpha value is -1.31. The van der Waals surface area contributed by atoms with Crippen LogP contribution in [0, 0.1) is 5.92 Å². The second-order valence-corrected chi connectivity index (χ2v) is 8.80. The molecule has 1 unspecified atom stereocenters. The van der Waals surface area contributed by atoms with E-state index in [4.69, 9.17) is 4.84 Å². The van der Waals surface area contributed by atoms with E-state index in [2.05, 4.69) is 43.3 Å². The Kier molecular flexibility index (Phi) is 8.23. The van der Waals surface area contributed by atoms with E-state index >= 15 is 0 Å². The average Bonchev–Trinajstić information content (AvgIpc) is 3.18. The van der Waals surface area contributed by atoms with Gasteiger partial charge < -0.3 is 4.84 Å². The maximum absolute atomic E-state index is 5.65. The molecule has 27 heavy (non-hydrogen) atoms. The Labute approximate surface area is 166 Å². The summed E-state index contributed by atoms with van der Waals surface area (Å²) in [4.78, 5) is 5.65. The van der Waals surface area contributed by atoms with Crippen molar-refractivity contribution in [3.05, 3.63) is 35.4 Å². The second-order valence-electron chi connectivity index (χ2n) is 8.80. The molecule has 2 heteroatoms. The van der Waals surface area contributed by atoms with Gasteiger partial charge in [0.1, 0.15) is 6.10 Å². The van der Waals surface area contributed by atoms with Crippen LogP contribution in [-0.2, 0) is 4.84 Å². The fraction of sp³-hybridized carbons (Fsp3) is 0.720. The van der Waals surface area contributed by atoms with E-state index in [1.807, 2.05) is 0 Å². The number of rotatable bonds is 10. The summed E-state index contributed by atoms with van der Waals surface area (Å²) < 4.78 is 0. The average molecular weight is 370 g/mol.